The summed E-state index contributed by atoms with van der Waals surface area (Å²) in [4.78, 5) is 2.63. The number of para-hydroxylation sites is 1. The van der Waals surface area contributed by atoms with Crippen molar-refractivity contribution < 1.29 is 4.74 Å². The van der Waals surface area contributed by atoms with Crippen molar-refractivity contribution in [1.82, 2.24) is 10.2 Å². The highest BCUT2D eigenvalue weighted by molar-refractivity contribution is 5.37. The van der Waals surface area contributed by atoms with Gasteiger partial charge in [0.25, 0.3) is 0 Å². The third-order valence-electron chi connectivity index (χ3n) is 4.63. The standard InChI is InChI=1S/C17H26N2O/c1-14(19-10-5-2-6-11-19)13-18-16-9-12-20-17-8-4-3-7-15(16)17/h3-4,7-8,14,16,18H,2,5-6,9-13H2,1H3. The summed E-state index contributed by atoms with van der Waals surface area (Å²) in [6, 6.07) is 9.51. The maximum atomic E-state index is 5.73. The molecule has 3 rings (SSSR count). The Kier molecular flexibility index (Phi) is 4.58. The van der Waals surface area contributed by atoms with Crippen LogP contribution in [0.25, 0.3) is 0 Å². The highest BCUT2D eigenvalue weighted by Crippen LogP contribution is 2.31. The van der Waals surface area contributed by atoms with Crippen molar-refractivity contribution in [3.63, 3.8) is 0 Å². The van der Waals surface area contributed by atoms with Crippen molar-refractivity contribution in [3.8, 4) is 5.75 Å². The molecule has 2 aliphatic rings. The fourth-order valence-electron chi connectivity index (χ4n) is 3.36. The lowest BCUT2D eigenvalue weighted by Gasteiger charge is -2.34. The number of hydrogen-bond donors (Lipinski definition) is 1. The fraction of sp³-hybridized carbons (Fsp3) is 0.647. The van der Waals surface area contributed by atoms with Crippen LogP contribution in [0.4, 0.5) is 0 Å². The van der Waals surface area contributed by atoms with Crippen LogP contribution in [0, 0.1) is 0 Å². The van der Waals surface area contributed by atoms with Crippen molar-refractivity contribution in [2.75, 3.05) is 26.2 Å². The zero-order valence-electron chi connectivity index (χ0n) is 12.5. The Morgan fingerprint density at radius 1 is 1.25 bits per heavy atom. The van der Waals surface area contributed by atoms with Gasteiger partial charge >= 0.3 is 0 Å². The monoisotopic (exact) mass is 274 g/mol. The first kappa shape index (κ1) is 13.9. The first-order chi connectivity index (χ1) is 9.84. The summed E-state index contributed by atoms with van der Waals surface area (Å²) in [7, 11) is 0. The molecule has 2 unspecified atom stereocenters. The van der Waals surface area contributed by atoms with Gasteiger partial charge < -0.3 is 10.1 Å². The van der Waals surface area contributed by atoms with Gasteiger partial charge in [0.1, 0.15) is 5.75 Å². The number of nitrogens with one attached hydrogen (secondary N) is 1. The smallest absolute Gasteiger partial charge is 0.124 e. The van der Waals surface area contributed by atoms with Gasteiger partial charge in [-0.25, -0.2) is 0 Å². The first-order valence-electron chi connectivity index (χ1n) is 8.04. The van der Waals surface area contributed by atoms with Gasteiger partial charge in [0.15, 0.2) is 0 Å². The Bertz CT molecular complexity index is 429. The molecule has 1 fully saturated rings. The normalized spacial score (nSPS) is 24.8. The molecule has 2 aliphatic heterocycles. The Labute approximate surface area is 122 Å². The zero-order valence-corrected chi connectivity index (χ0v) is 12.5. The SMILES string of the molecule is CC(CNC1CCOc2ccccc21)N1CCCCC1. The predicted octanol–water partition coefficient (Wildman–Crippen LogP) is 2.97. The van der Waals surface area contributed by atoms with E-state index < -0.39 is 0 Å². The fourth-order valence-corrected chi connectivity index (χ4v) is 3.36. The molecule has 0 amide bonds. The molecule has 0 spiro atoms. The summed E-state index contributed by atoms with van der Waals surface area (Å²) in [5.41, 5.74) is 1.32. The lowest BCUT2D eigenvalue weighted by atomic mass is 10.00. The minimum absolute atomic E-state index is 0.451. The molecular formula is C17H26N2O. The van der Waals surface area contributed by atoms with Gasteiger partial charge in [-0.1, -0.05) is 24.6 Å². The average Bonchev–Trinajstić information content (AvgIpc) is 2.53. The Balaban J connectivity index is 1.56. The lowest BCUT2D eigenvalue weighted by molar-refractivity contribution is 0.163. The summed E-state index contributed by atoms with van der Waals surface area (Å²) < 4.78 is 5.73. The van der Waals surface area contributed by atoms with E-state index in [1.165, 1.54) is 37.9 Å². The highest BCUT2D eigenvalue weighted by atomic mass is 16.5. The maximum Gasteiger partial charge on any atom is 0.124 e. The van der Waals surface area contributed by atoms with Crippen molar-refractivity contribution in [2.45, 2.75) is 44.7 Å². The molecule has 1 saturated heterocycles. The van der Waals surface area contributed by atoms with E-state index in [9.17, 15) is 0 Å². The molecule has 2 atom stereocenters. The highest BCUT2D eigenvalue weighted by Gasteiger charge is 2.22. The van der Waals surface area contributed by atoms with Gasteiger partial charge in [0, 0.05) is 30.6 Å². The molecule has 0 radical (unpaired) electrons. The maximum absolute atomic E-state index is 5.73. The van der Waals surface area contributed by atoms with Crippen LogP contribution in [0.2, 0.25) is 0 Å². The molecule has 0 saturated carbocycles. The molecule has 0 aromatic heterocycles. The van der Waals surface area contributed by atoms with E-state index in [0.29, 0.717) is 12.1 Å². The van der Waals surface area contributed by atoms with Crippen LogP contribution in [-0.4, -0.2) is 37.2 Å². The van der Waals surface area contributed by atoms with E-state index >= 15 is 0 Å². The summed E-state index contributed by atoms with van der Waals surface area (Å²) in [5.74, 6) is 1.06. The Morgan fingerprint density at radius 3 is 2.90 bits per heavy atom. The number of nitrogens with zero attached hydrogens (tertiary/aromatic N) is 1. The van der Waals surface area contributed by atoms with E-state index in [2.05, 4.69) is 41.4 Å². The lowest BCUT2D eigenvalue weighted by Crippen LogP contribution is -2.44. The number of fused-ring (bicyclic) bond motifs is 1. The quantitative estimate of drug-likeness (QED) is 0.913. The third kappa shape index (κ3) is 3.15. The summed E-state index contributed by atoms with van der Waals surface area (Å²) in [6.45, 7) is 6.79. The number of hydrogen-bond acceptors (Lipinski definition) is 3. The molecule has 1 aromatic rings. The van der Waals surface area contributed by atoms with Crippen molar-refractivity contribution in [2.24, 2.45) is 0 Å². The van der Waals surface area contributed by atoms with Crippen LogP contribution >= 0.6 is 0 Å². The second-order valence-electron chi connectivity index (χ2n) is 6.08. The van der Waals surface area contributed by atoms with Crippen LogP contribution in [-0.2, 0) is 0 Å². The van der Waals surface area contributed by atoms with Gasteiger partial charge in [-0.15, -0.1) is 0 Å². The molecule has 0 aliphatic carbocycles. The Hall–Kier alpha value is -1.06. The van der Waals surface area contributed by atoms with Crippen molar-refractivity contribution >= 4 is 0 Å². The predicted molar refractivity (Wildman–Crippen MR) is 82.2 cm³/mol. The van der Waals surface area contributed by atoms with Crippen LogP contribution in [0.3, 0.4) is 0 Å². The Morgan fingerprint density at radius 2 is 2.05 bits per heavy atom. The van der Waals surface area contributed by atoms with Crippen molar-refractivity contribution in [1.29, 1.82) is 0 Å². The van der Waals surface area contributed by atoms with Gasteiger partial charge in [-0.2, -0.15) is 0 Å². The second kappa shape index (κ2) is 6.59. The van der Waals surface area contributed by atoms with E-state index in [4.69, 9.17) is 4.74 Å². The third-order valence-corrected chi connectivity index (χ3v) is 4.63. The number of rotatable bonds is 4. The minimum Gasteiger partial charge on any atom is -0.493 e. The number of ether oxygens (including phenoxy) is 1. The average molecular weight is 274 g/mol. The van der Waals surface area contributed by atoms with Crippen molar-refractivity contribution in [3.05, 3.63) is 29.8 Å². The van der Waals surface area contributed by atoms with Gasteiger partial charge in [0.2, 0.25) is 0 Å². The topological polar surface area (TPSA) is 24.5 Å². The number of likely N-dealkylation sites (tertiary alicyclic amines) is 1. The minimum atomic E-state index is 0.451. The molecule has 3 nitrogen and oxygen atoms in total. The molecular weight excluding hydrogens is 248 g/mol. The number of benzene rings is 1. The van der Waals surface area contributed by atoms with E-state index in [-0.39, 0.29) is 0 Å². The van der Waals surface area contributed by atoms with Crippen LogP contribution in [0.15, 0.2) is 24.3 Å². The summed E-state index contributed by atoms with van der Waals surface area (Å²) in [6.07, 6.45) is 5.21. The second-order valence-corrected chi connectivity index (χ2v) is 6.08. The van der Waals surface area contributed by atoms with Gasteiger partial charge in [-0.3, -0.25) is 4.90 Å². The molecule has 2 heterocycles. The zero-order chi connectivity index (χ0) is 13.8. The first-order valence-corrected chi connectivity index (χ1v) is 8.04. The van der Waals surface area contributed by atoms with Gasteiger partial charge in [0.05, 0.1) is 6.61 Å². The van der Waals surface area contributed by atoms with Crippen LogP contribution in [0.1, 0.15) is 44.2 Å². The molecule has 0 bridgehead atoms. The van der Waals surface area contributed by atoms with E-state index in [1.807, 2.05) is 0 Å². The summed E-state index contributed by atoms with van der Waals surface area (Å²) in [5, 5.41) is 3.75. The van der Waals surface area contributed by atoms with E-state index in [0.717, 1.165) is 25.3 Å². The molecule has 1 aromatic carbocycles. The van der Waals surface area contributed by atoms with Gasteiger partial charge in [-0.05, 0) is 38.9 Å². The molecule has 3 heteroatoms. The largest absolute Gasteiger partial charge is 0.493 e. The van der Waals surface area contributed by atoms with Crippen LogP contribution < -0.4 is 10.1 Å². The molecule has 110 valence electrons. The molecule has 1 N–H and O–H groups in total. The van der Waals surface area contributed by atoms with Crippen LogP contribution in [0.5, 0.6) is 5.75 Å². The number of piperidine rings is 1. The molecule has 20 heavy (non-hydrogen) atoms. The van der Waals surface area contributed by atoms with E-state index in [1.54, 1.807) is 0 Å². The summed E-state index contributed by atoms with van der Waals surface area (Å²) >= 11 is 0.